The Morgan fingerprint density at radius 2 is 1.85 bits per heavy atom. The maximum absolute atomic E-state index is 13.2. The number of benzene rings is 2. The van der Waals surface area contributed by atoms with Crippen LogP contribution in [0.3, 0.4) is 0 Å². The summed E-state index contributed by atoms with van der Waals surface area (Å²) in [6.45, 7) is 2.27. The van der Waals surface area contributed by atoms with Gasteiger partial charge < -0.3 is 4.42 Å². The summed E-state index contributed by atoms with van der Waals surface area (Å²) in [5, 5.41) is -0.207. The van der Waals surface area contributed by atoms with Crippen LogP contribution in [-0.2, 0) is 10.0 Å². The van der Waals surface area contributed by atoms with Crippen LogP contribution in [0.4, 0.5) is 0 Å². The average molecular weight is 465 g/mol. The molecule has 0 saturated carbocycles. The van der Waals surface area contributed by atoms with Crippen molar-refractivity contribution < 1.29 is 12.8 Å². The molecule has 1 aliphatic heterocycles. The lowest BCUT2D eigenvalue weighted by molar-refractivity contribution is 0.434. The number of hydrogen-bond acceptors (Lipinski definition) is 5. The fourth-order valence-corrected chi connectivity index (χ4v) is 6.53. The minimum atomic E-state index is -3.58. The maximum atomic E-state index is 13.2. The Hall–Kier alpha value is -1.61. The third-order valence-corrected chi connectivity index (χ3v) is 8.18. The van der Waals surface area contributed by atoms with Gasteiger partial charge >= 0.3 is 0 Å². The molecule has 1 saturated heterocycles. The van der Waals surface area contributed by atoms with Crippen LogP contribution in [0.25, 0.3) is 11.3 Å². The second-order valence-electron chi connectivity index (χ2n) is 6.17. The van der Waals surface area contributed by atoms with Gasteiger partial charge in [-0.25, -0.2) is 13.4 Å². The molecular formula is C19H17BrN2O3S2. The Balaban J connectivity index is 1.63. The Bertz CT molecular complexity index is 1050. The molecule has 1 atom stereocenters. The first kappa shape index (κ1) is 18.7. The molecule has 0 aliphatic carbocycles. The lowest BCUT2D eigenvalue weighted by Gasteiger charge is -2.23. The number of halogens is 1. The van der Waals surface area contributed by atoms with Crippen LogP contribution in [0, 0.1) is 6.92 Å². The summed E-state index contributed by atoms with van der Waals surface area (Å²) >= 11 is 5.07. The van der Waals surface area contributed by atoms with Crippen LogP contribution >= 0.6 is 27.7 Å². The third-order valence-electron chi connectivity index (χ3n) is 4.38. The number of thioether (sulfide) groups is 1. The molecule has 0 spiro atoms. The highest BCUT2D eigenvalue weighted by Gasteiger charge is 2.36. The minimum absolute atomic E-state index is 0.207. The van der Waals surface area contributed by atoms with Crippen molar-refractivity contribution in [1.82, 2.24) is 9.29 Å². The van der Waals surface area contributed by atoms with E-state index >= 15 is 0 Å². The van der Waals surface area contributed by atoms with Crippen molar-refractivity contribution >= 4 is 37.7 Å². The Morgan fingerprint density at radius 3 is 2.48 bits per heavy atom. The largest absolute Gasteiger partial charge is 0.449 e. The lowest BCUT2D eigenvalue weighted by Crippen LogP contribution is -2.30. The summed E-state index contributed by atoms with van der Waals surface area (Å²) in [5.74, 6) is 1.35. The zero-order valence-electron chi connectivity index (χ0n) is 14.5. The highest BCUT2D eigenvalue weighted by Crippen LogP contribution is 2.41. The van der Waals surface area contributed by atoms with Crippen molar-refractivity contribution in [3.8, 4) is 11.3 Å². The summed E-state index contributed by atoms with van der Waals surface area (Å²) in [4.78, 5) is 4.56. The zero-order valence-corrected chi connectivity index (χ0v) is 17.7. The molecule has 0 bridgehead atoms. The predicted molar refractivity (Wildman–Crippen MR) is 110 cm³/mol. The maximum Gasteiger partial charge on any atom is 0.244 e. The van der Waals surface area contributed by atoms with E-state index in [1.165, 1.54) is 0 Å². The van der Waals surface area contributed by atoms with E-state index in [9.17, 15) is 8.42 Å². The lowest BCUT2D eigenvalue weighted by atomic mass is 10.2. The highest BCUT2D eigenvalue weighted by molar-refractivity contribution is 9.10. The molecule has 1 aromatic heterocycles. The van der Waals surface area contributed by atoms with Gasteiger partial charge in [0.15, 0.2) is 5.89 Å². The number of sulfonamides is 1. The molecule has 3 aromatic rings. The average Bonchev–Trinajstić information content (AvgIpc) is 3.32. The second-order valence-corrected chi connectivity index (χ2v) is 10.2. The van der Waals surface area contributed by atoms with Gasteiger partial charge in [0.25, 0.3) is 0 Å². The van der Waals surface area contributed by atoms with E-state index in [0.717, 1.165) is 21.4 Å². The van der Waals surface area contributed by atoms with Gasteiger partial charge in [-0.1, -0.05) is 40.2 Å². The molecule has 0 radical (unpaired) electrons. The van der Waals surface area contributed by atoms with Crippen molar-refractivity contribution in [2.75, 3.05) is 12.3 Å². The molecule has 1 fully saturated rings. The van der Waals surface area contributed by atoms with E-state index in [1.54, 1.807) is 53.5 Å². The molecular weight excluding hydrogens is 448 g/mol. The number of hydrogen-bond donors (Lipinski definition) is 0. The molecule has 8 heteroatoms. The fourth-order valence-electron chi connectivity index (χ4n) is 3.02. The van der Waals surface area contributed by atoms with E-state index < -0.39 is 10.0 Å². The molecule has 2 heterocycles. The van der Waals surface area contributed by atoms with Crippen LogP contribution in [-0.4, -0.2) is 30.0 Å². The number of rotatable bonds is 4. The summed E-state index contributed by atoms with van der Waals surface area (Å²) in [7, 11) is -3.58. The normalized spacial score (nSPS) is 18.1. The SMILES string of the molecule is Cc1nc(-c2ccc(S(=O)(=O)N3CCSC3c3ccc(Br)cc3)cc2)co1. The number of aryl methyl sites for hydroxylation is 1. The van der Waals surface area contributed by atoms with Crippen LogP contribution in [0.1, 0.15) is 16.8 Å². The van der Waals surface area contributed by atoms with Gasteiger partial charge in [-0.15, -0.1) is 11.8 Å². The molecule has 4 rings (SSSR count). The van der Waals surface area contributed by atoms with Gasteiger partial charge in [-0.2, -0.15) is 4.31 Å². The first-order chi connectivity index (χ1) is 12.9. The molecule has 140 valence electrons. The van der Waals surface area contributed by atoms with Gasteiger partial charge in [0.2, 0.25) is 10.0 Å². The summed E-state index contributed by atoms with van der Waals surface area (Å²) < 4.78 is 34.2. The van der Waals surface area contributed by atoms with Crippen LogP contribution in [0.5, 0.6) is 0 Å². The second kappa shape index (κ2) is 7.43. The summed E-state index contributed by atoms with van der Waals surface area (Å²) in [6, 6.07) is 14.6. The Labute approximate surface area is 171 Å². The number of nitrogens with zero attached hydrogens (tertiary/aromatic N) is 2. The zero-order chi connectivity index (χ0) is 19.0. The van der Waals surface area contributed by atoms with E-state index in [1.807, 2.05) is 24.3 Å². The first-order valence-electron chi connectivity index (χ1n) is 8.36. The molecule has 0 N–H and O–H groups in total. The van der Waals surface area contributed by atoms with Crippen molar-refractivity contribution in [2.45, 2.75) is 17.2 Å². The number of aromatic nitrogens is 1. The summed E-state index contributed by atoms with van der Waals surface area (Å²) in [5.41, 5.74) is 2.51. The van der Waals surface area contributed by atoms with E-state index in [2.05, 4.69) is 20.9 Å². The standard InChI is InChI=1S/C19H17BrN2O3S2/c1-13-21-18(12-25-13)14-4-8-17(9-5-14)27(23,24)22-10-11-26-19(22)15-2-6-16(20)7-3-15/h2-9,12,19H,10-11H2,1H3. The minimum Gasteiger partial charge on any atom is -0.449 e. The van der Waals surface area contributed by atoms with Gasteiger partial charge in [0.1, 0.15) is 12.0 Å². The van der Waals surface area contributed by atoms with Crippen molar-refractivity contribution in [3.63, 3.8) is 0 Å². The highest BCUT2D eigenvalue weighted by atomic mass is 79.9. The Morgan fingerprint density at radius 1 is 1.15 bits per heavy atom. The van der Waals surface area contributed by atoms with Gasteiger partial charge in [0, 0.05) is 29.3 Å². The predicted octanol–water partition coefficient (Wildman–Crippen LogP) is 4.85. The summed E-state index contributed by atoms with van der Waals surface area (Å²) in [6.07, 6.45) is 1.57. The fraction of sp³-hybridized carbons (Fsp3) is 0.211. The molecule has 1 unspecified atom stereocenters. The van der Waals surface area contributed by atoms with Gasteiger partial charge in [-0.3, -0.25) is 0 Å². The smallest absolute Gasteiger partial charge is 0.244 e. The van der Waals surface area contributed by atoms with E-state index in [-0.39, 0.29) is 10.3 Å². The molecule has 5 nitrogen and oxygen atoms in total. The number of oxazole rings is 1. The Kier molecular flexibility index (Phi) is 5.15. The van der Waals surface area contributed by atoms with Gasteiger partial charge in [0.05, 0.1) is 10.3 Å². The molecule has 0 amide bonds. The molecule has 2 aromatic carbocycles. The van der Waals surface area contributed by atoms with Crippen molar-refractivity contribution in [2.24, 2.45) is 0 Å². The monoisotopic (exact) mass is 464 g/mol. The van der Waals surface area contributed by atoms with Crippen LogP contribution in [0.15, 0.2) is 68.6 Å². The van der Waals surface area contributed by atoms with Crippen molar-refractivity contribution in [1.29, 1.82) is 0 Å². The molecule has 1 aliphatic rings. The van der Waals surface area contributed by atoms with E-state index in [4.69, 9.17) is 4.42 Å². The topological polar surface area (TPSA) is 63.4 Å². The third kappa shape index (κ3) is 3.71. The van der Waals surface area contributed by atoms with Crippen LogP contribution < -0.4 is 0 Å². The van der Waals surface area contributed by atoms with Crippen LogP contribution in [0.2, 0.25) is 0 Å². The van der Waals surface area contributed by atoms with E-state index in [0.29, 0.717) is 18.1 Å². The van der Waals surface area contributed by atoms with Crippen molar-refractivity contribution in [3.05, 3.63) is 70.7 Å². The molecule has 27 heavy (non-hydrogen) atoms. The first-order valence-corrected chi connectivity index (χ1v) is 11.6. The van der Waals surface area contributed by atoms with Gasteiger partial charge in [-0.05, 0) is 29.8 Å². The quantitative estimate of drug-likeness (QED) is 0.551.